The zero-order valence-corrected chi connectivity index (χ0v) is 10.0. The highest BCUT2D eigenvalue weighted by Crippen LogP contribution is 2.13. The Balaban J connectivity index is 2.53. The molecule has 0 fully saturated rings. The van der Waals surface area contributed by atoms with Gasteiger partial charge < -0.3 is 10.4 Å². The molecule has 1 unspecified atom stereocenters. The molecule has 0 bridgehead atoms. The van der Waals surface area contributed by atoms with Crippen LogP contribution in [-0.2, 0) is 0 Å². The highest BCUT2D eigenvalue weighted by atomic mass is 16.4. The Kier molecular flexibility index (Phi) is 4.35. The van der Waals surface area contributed by atoms with Crippen molar-refractivity contribution in [3.63, 3.8) is 0 Å². The summed E-state index contributed by atoms with van der Waals surface area (Å²) in [5.41, 5.74) is 1.29. The zero-order valence-electron chi connectivity index (χ0n) is 10.0. The lowest BCUT2D eigenvalue weighted by Crippen LogP contribution is -2.16. The number of rotatable bonds is 5. The molecule has 0 saturated heterocycles. The van der Waals surface area contributed by atoms with Crippen LogP contribution < -0.4 is 5.32 Å². The van der Waals surface area contributed by atoms with E-state index in [4.69, 9.17) is 5.11 Å². The van der Waals surface area contributed by atoms with Crippen molar-refractivity contribution in [2.45, 2.75) is 20.8 Å². The van der Waals surface area contributed by atoms with Crippen LogP contribution in [0.4, 0.5) is 5.69 Å². The summed E-state index contributed by atoms with van der Waals surface area (Å²) in [5.74, 6) is 0.354. The van der Waals surface area contributed by atoms with E-state index in [9.17, 15) is 4.79 Å². The van der Waals surface area contributed by atoms with Crippen LogP contribution in [0.5, 0.6) is 0 Å². The summed E-state index contributed by atoms with van der Waals surface area (Å²) in [6.07, 6.45) is 0. The highest BCUT2D eigenvalue weighted by molar-refractivity contribution is 5.87. The Hall–Kier alpha value is -1.51. The van der Waals surface area contributed by atoms with E-state index in [-0.39, 0.29) is 0 Å². The molecular weight excluding hydrogens is 202 g/mol. The van der Waals surface area contributed by atoms with E-state index in [0.717, 1.165) is 12.2 Å². The summed E-state index contributed by atoms with van der Waals surface area (Å²) in [6.45, 7) is 7.49. The number of hydrogen-bond donors (Lipinski definition) is 2. The van der Waals surface area contributed by atoms with E-state index in [1.807, 2.05) is 0 Å². The lowest BCUT2D eigenvalue weighted by Gasteiger charge is -2.16. The quantitative estimate of drug-likeness (QED) is 0.803. The number of hydrogen-bond acceptors (Lipinski definition) is 2. The van der Waals surface area contributed by atoms with Gasteiger partial charge in [0.1, 0.15) is 0 Å². The van der Waals surface area contributed by atoms with Crippen LogP contribution >= 0.6 is 0 Å². The van der Waals surface area contributed by atoms with E-state index in [0.29, 0.717) is 17.4 Å². The second-order valence-corrected chi connectivity index (χ2v) is 4.48. The number of benzene rings is 1. The monoisotopic (exact) mass is 221 g/mol. The van der Waals surface area contributed by atoms with Gasteiger partial charge >= 0.3 is 5.97 Å². The summed E-state index contributed by atoms with van der Waals surface area (Å²) in [5, 5.41) is 12.0. The molecule has 0 saturated carbocycles. The first-order chi connectivity index (χ1) is 7.50. The van der Waals surface area contributed by atoms with E-state index in [1.54, 1.807) is 24.3 Å². The molecule has 3 heteroatoms. The fourth-order valence-corrected chi connectivity index (χ4v) is 1.25. The Morgan fingerprint density at radius 3 is 2.25 bits per heavy atom. The first-order valence-electron chi connectivity index (χ1n) is 5.58. The number of aromatic carboxylic acids is 1. The van der Waals surface area contributed by atoms with Crippen LogP contribution in [0, 0.1) is 11.8 Å². The van der Waals surface area contributed by atoms with Gasteiger partial charge in [-0.3, -0.25) is 0 Å². The largest absolute Gasteiger partial charge is 0.478 e. The zero-order chi connectivity index (χ0) is 12.1. The maximum atomic E-state index is 10.6. The first kappa shape index (κ1) is 12.6. The van der Waals surface area contributed by atoms with Crippen LogP contribution in [0.3, 0.4) is 0 Å². The summed E-state index contributed by atoms with van der Waals surface area (Å²) in [4.78, 5) is 10.6. The van der Waals surface area contributed by atoms with Crippen LogP contribution in [0.25, 0.3) is 0 Å². The molecule has 0 aliphatic carbocycles. The van der Waals surface area contributed by atoms with Gasteiger partial charge in [-0.15, -0.1) is 0 Å². The summed E-state index contributed by atoms with van der Waals surface area (Å²) < 4.78 is 0. The Morgan fingerprint density at radius 1 is 1.25 bits per heavy atom. The number of carboxylic acids is 1. The summed E-state index contributed by atoms with van der Waals surface area (Å²) >= 11 is 0. The second kappa shape index (κ2) is 5.54. The predicted octanol–water partition coefficient (Wildman–Crippen LogP) is 3.09. The van der Waals surface area contributed by atoms with Crippen LogP contribution in [0.1, 0.15) is 31.1 Å². The minimum Gasteiger partial charge on any atom is -0.478 e. The third-order valence-electron chi connectivity index (χ3n) is 2.90. The molecule has 16 heavy (non-hydrogen) atoms. The normalized spacial score (nSPS) is 12.5. The molecule has 1 atom stereocenters. The van der Waals surface area contributed by atoms with Gasteiger partial charge in [0.2, 0.25) is 0 Å². The van der Waals surface area contributed by atoms with Gasteiger partial charge in [0, 0.05) is 12.2 Å². The maximum absolute atomic E-state index is 10.6. The Labute approximate surface area is 96.5 Å². The van der Waals surface area contributed by atoms with Gasteiger partial charge in [-0.05, 0) is 36.1 Å². The third-order valence-corrected chi connectivity index (χ3v) is 2.90. The van der Waals surface area contributed by atoms with E-state index >= 15 is 0 Å². The number of carboxylic acid groups (broad SMARTS) is 1. The molecule has 0 spiro atoms. The Morgan fingerprint density at radius 2 is 1.81 bits per heavy atom. The molecule has 88 valence electrons. The lowest BCUT2D eigenvalue weighted by molar-refractivity contribution is 0.0697. The molecule has 0 aromatic heterocycles. The molecule has 0 radical (unpaired) electrons. The minimum absolute atomic E-state index is 0.322. The summed E-state index contributed by atoms with van der Waals surface area (Å²) in [6, 6.07) is 6.84. The first-order valence-corrected chi connectivity index (χ1v) is 5.58. The molecule has 1 aromatic carbocycles. The van der Waals surface area contributed by atoms with Crippen molar-refractivity contribution in [1.29, 1.82) is 0 Å². The molecule has 0 amide bonds. The van der Waals surface area contributed by atoms with Crippen molar-refractivity contribution >= 4 is 11.7 Å². The average Bonchev–Trinajstić information content (AvgIpc) is 2.26. The van der Waals surface area contributed by atoms with Crippen LogP contribution in [0.2, 0.25) is 0 Å². The number of anilines is 1. The molecule has 3 nitrogen and oxygen atoms in total. The number of nitrogens with one attached hydrogen (secondary N) is 1. The van der Waals surface area contributed by atoms with Gasteiger partial charge in [0.25, 0.3) is 0 Å². The minimum atomic E-state index is -0.887. The number of carbonyl (C=O) groups is 1. The van der Waals surface area contributed by atoms with Crippen molar-refractivity contribution in [3.8, 4) is 0 Å². The fraction of sp³-hybridized carbons (Fsp3) is 0.462. The predicted molar refractivity (Wildman–Crippen MR) is 65.9 cm³/mol. The average molecular weight is 221 g/mol. The van der Waals surface area contributed by atoms with Gasteiger partial charge in [-0.2, -0.15) is 0 Å². The van der Waals surface area contributed by atoms with E-state index < -0.39 is 5.97 Å². The topological polar surface area (TPSA) is 49.3 Å². The maximum Gasteiger partial charge on any atom is 0.335 e. The van der Waals surface area contributed by atoms with Gasteiger partial charge in [0.05, 0.1) is 5.56 Å². The molecule has 2 N–H and O–H groups in total. The Bertz CT molecular complexity index is 343. The molecule has 1 rings (SSSR count). The van der Waals surface area contributed by atoms with Gasteiger partial charge in [-0.1, -0.05) is 20.8 Å². The molecule has 0 aliphatic rings. The molecule has 0 heterocycles. The standard InChI is InChI=1S/C13H19NO2/c1-9(2)10(3)8-14-12-6-4-11(5-7-12)13(15)16/h4-7,9-10,14H,8H2,1-3H3,(H,15,16). The van der Waals surface area contributed by atoms with Crippen molar-refractivity contribution in [2.24, 2.45) is 11.8 Å². The van der Waals surface area contributed by atoms with Gasteiger partial charge in [-0.25, -0.2) is 4.79 Å². The van der Waals surface area contributed by atoms with Crippen molar-refractivity contribution < 1.29 is 9.90 Å². The van der Waals surface area contributed by atoms with E-state index in [1.165, 1.54) is 0 Å². The van der Waals surface area contributed by atoms with Gasteiger partial charge in [0.15, 0.2) is 0 Å². The second-order valence-electron chi connectivity index (χ2n) is 4.48. The van der Waals surface area contributed by atoms with Crippen molar-refractivity contribution in [2.75, 3.05) is 11.9 Å². The lowest BCUT2D eigenvalue weighted by atomic mass is 9.98. The fourth-order valence-electron chi connectivity index (χ4n) is 1.25. The highest BCUT2D eigenvalue weighted by Gasteiger charge is 2.06. The molecular formula is C13H19NO2. The third kappa shape index (κ3) is 3.57. The smallest absolute Gasteiger partial charge is 0.335 e. The SMILES string of the molecule is CC(C)C(C)CNc1ccc(C(=O)O)cc1. The van der Waals surface area contributed by atoms with Crippen molar-refractivity contribution in [1.82, 2.24) is 0 Å². The molecule has 1 aromatic rings. The molecule has 0 aliphatic heterocycles. The van der Waals surface area contributed by atoms with Crippen LogP contribution in [-0.4, -0.2) is 17.6 Å². The van der Waals surface area contributed by atoms with Crippen LogP contribution in [0.15, 0.2) is 24.3 Å². The summed E-state index contributed by atoms with van der Waals surface area (Å²) in [7, 11) is 0. The van der Waals surface area contributed by atoms with E-state index in [2.05, 4.69) is 26.1 Å². The van der Waals surface area contributed by atoms with Crippen molar-refractivity contribution in [3.05, 3.63) is 29.8 Å².